The first-order valence-electron chi connectivity index (χ1n) is 7.99. The Bertz CT molecular complexity index is 1120. The molecule has 0 aliphatic carbocycles. The fraction of sp³-hybridized carbons (Fsp3) is 0.105. The number of carbonyl (C=O) groups is 1. The van der Waals surface area contributed by atoms with E-state index in [2.05, 4.69) is 20.3 Å². The van der Waals surface area contributed by atoms with Crippen molar-refractivity contribution in [2.45, 2.75) is 6.42 Å². The minimum Gasteiger partial charge on any atom is -0.294 e. The van der Waals surface area contributed by atoms with Crippen molar-refractivity contribution in [3.05, 3.63) is 72.1 Å². The van der Waals surface area contributed by atoms with Gasteiger partial charge < -0.3 is 0 Å². The number of Topliss-reactive ketones (excluding diaryl/α,β-unsaturated/α-hetero) is 1. The summed E-state index contributed by atoms with van der Waals surface area (Å²) in [6.45, 7) is 0. The predicted octanol–water partition coefficient (Wildman–Crippen LogP) is 2.99. The highest BCUT2D eigenvalue weighted by atomic mass is 19.1. The molecule has 6 nitrogen and oxygen atoms in total. The van der Waals surface area contributed by atoms with Crippen molar-refractivity contribution in [1.82, 2.24) is 25.0 Å². The number of benzene rings is 1. The van der Waals surface area contributed by atoms with Gasteiger partial charge in [0.2, 0.25) is 0 Å². The monoisotopic (exact) mass is 347 g/mol. The molecule has 0 saturated heterocycles. The van der Waals surface area contributed by atoms with E-state index in [1.165, 1.54) is 12.1 Å². The Labute approximate surface area is 148 Å². The maximum absolute atomic E-state index is 13.8. The summed E-state index contributed by atoms with van der Waals surface area (Å²) in [5.74, 6) is -0.828. The van der Waals surface area contributed by atoms with E-state index in [1.807, 2.05) is 12.1 Å². The number of nitrogens with zero attached hydrogens (tertiary/aromatic N) is 5. The van der Waals surface area contributed by atoms with Crippen LogP contribution < -0.4 is 0 Å². The van der Waals surface area contributed by atoms with Gasteiger partial charge in [0.05, 0.1) is 23.9 Å². The van der Waals surface area contributed by atoms with Gasteiger partial charge in [-0.1, -0.05) is 17.3 Å². The van der Waals surface area contributed by atoms with E-state index in [4.69, 9.17) is 0 Å². The first-order chi connectivity index (χ1) is 12.6. The third-order valence-electron chi connectivity index (χ3n) is 4.04. The number of pyridine rings is 2. The Morgan fingerprint density at radius 1 is 1.08 bits per heavy atom. The van der Waals surface area contributed by atoms with Crippen LogP contribution in [0.25, 0.3) is 22.2 Å². The largest absolute Gasteiger partial charge is 0.294 e. The van der Waals surface area contributed by atoms with Crippen molar-refractivity contribution >= 4 is 16.6 Å². The summed E-state index contributed by atoms with van der Waals surface area (Å²) in [6, 6.07) is 9.65. The van der Waals surface area contributed by atoms with E-state index in [9.17, 15) is 9.18 Å². The second-order valence-electron chi connectivity index (χ2n) is 5.95. The van der Waals surface area contributed by atoms with Crippen LogP contribution in [-0.4, -0.2) is 30.7 Å². The maximum Gasteiger partial charge on any atom is 0.171 e. The lowest BCUT2D eigenvalue weighted by Gasteiger charge is -2.05. The van der Waals surface area contributed by atoms with Gasteiger partial charge in [0.1, 0.15) is 11.5 Å². The van der Waals surface area contributed by atoms with E-state index in [0.717, 1.165) is 10.8 Å². The summed E-state index contributed by atoms with van der Waals surface area (Å²) in [4.78, 5) is 21.0. The summed E-state index contributed by atoms with van der Waals surface area (Å²) in [7, 11) is 1.79. The number of hydrogen-bond acceptors (Lipinski definition) is 5. The molecule has 0 fully saturated rings. The van der Waals surface area contributed by atoms with Crippen LogP contribution in [0.5, 0.6) is 0 Å². The van der Waals surface area contributed by atoms with Crippen LogP contribution in [0, 0.1) is 5.82 Å². The molecule has 0 aliphatic heterocycles. The van der Waals surface area contributed by atoms with Gasteiger partial charge in [0.15, 0.2) is 5.78 Å². The molecule has 0 saturated carbocycles. The average Bonchev–Trinajstić information content (AvgIpc) is 3.08. The van der Waals surface area contributed by atoms with Crippen molar-refractivity contribution in [3.63, 3.8) is 0 Å². The summed E-state index contributed by atoms with van der Waals surface area (Å²) < 4.78 is 15.4. The Morgan fingerprint density at radius 3 is 2.65 bits per heavy atom. The quantitative estimate of drug-likeness (QED) is 0.531. The summed E-state index contributed by atoms with van der Waals surface area (Å²) in [5.41, 5.74) is 1.99. The van der Waals surface area contributed by atoms with Gasteiger partial charge in [-0.2, -0.15) is 0 Å². The topological polar surface area (TPSA) is 73.6 Å². The number of fused-ring (bicyclic) bond motifs is 1. The van der Waals surface area contributed by atoms with Crippen LogP contribution in [0.1, 0.15) is 16.1 Å². The molecule has 0 bridgehead atoms. The van der Waals surface area contributed by atoms with Gasteiger partial charge in [0.25, 0.3) is 0 Å². The first kappa shape index (κ1) is 16.0. The lowest BCUT2D eigenvalue weighted by atomic mass is 10.0. The van der Waals surface area contributed by atoms with Gasteiger partial charge >= 0.3 is 0 Å². The summed E-state index contributed by atoms with van der Waals surface area (Å²) in [6.07, 6.45) is 5.17. The average molecular weight is 347 g/mol. The smallest absolute Gasteiger partial charge is 0.171 e. The number of aryl methyl sites for hydroxylation is 1. The Kier molecular flexibility index (Phi) is 3.96. The van der Waals surface area contributed by atoms with Crippen LogP contribution in [0.15, 0.2) is 55.0 Å². The number of hydrogen-bond donors (Lipinski definition) is 0. The van der Waals surface area contributed by atoms with Crippen LogP contribution >= 0.6 is 0 Å². The van der Waals surface area contributed by atoms with Crippen molar-refractivity contribution in [2.75, 3.05) is 0 Å². The van der Waals surface area contributed by atoms with Crippen molar-refractivity contribution in [1.29, 1.82) is 0 Å². The van der Waals surface area contributed by atoms with Crippen molar-refractivity contribution < 1.29 is 9.18 Å². The third kappa shape index (κ3) is 3.06. The molecule has 7 heteroatoms. The number of ketones is 1. The van der Waals surface area contributed by atoms with Crippen molar-refractivity contribution in [3.8, 4) is 11.4 Å². The highest BCUT2D eigenvalue weighted by Crippen LogP contribution is 2.21. The van der Waals surface area contributed by atoms with Crippen LogP contribution in [0.2, 0.25) is 0 Å². The number of halogens is 1. The first-order valence-corrected chi connectivity index (χ1v) is 7.99. The molecule has 3 aromatic heterocycles. The highest BCUT2D eigenvalue weighted by Gasteiger charge is 2.13. The molecule has 0 unspecified atom stereocenters. The van der Waals surface area contributed by atoms with E-state index in [0.29, 0.717) is 17.1 Å². The normalized spacial score (nSPS) is 11.0. The molecule has 4 aromatic rings. The zero-order valence-corrected chi connectivity index (χ0v) is 13.9. The summed E-state index contributed by atoms with van der Waals surface area (Å²) in [5, 5.41) is 9.69. The molecule has 4 rings (SSSR count). The molecule has 1 aromatic carbocycles. The van der Waals surface area contributed by atoms with Crippen LogP contribution in [0.4, 0.5) is 4.39 Å². The molecular weight excluding hydrogens is 333 g/mol. The van der Waals surface area contributed by atoms with Crippen molar-refractivity contribution in [2.24, 2.45) is 7.05 Å². The molecular formula is C19H14FN5O. The Morgan fingerprint density at radius 2 is 1.88 bits per heavy atom. The second kappa shape index (κ2) is 6.44. The molecule has 0 radical (unpaired) electrons. The standard InChI is InChI=1S/C19H14FN5O/c1-25-11-18(23-24-25)17-7-12-6-14(21-9-13(12)10-22-17)8-19(26)15-4-2-3-5-16(15)20/h2-7,9-11H,8H2,1H3. The zero-order chi connectivity index (χ0) is 18.1. The molecule has 0 aliphatic rings. The minimum atomic E-state index is -0.521. The fourth-order valence-electron chi connectivity index (χ4n) is 2.73. The predicted molar refractivity (Wildman–Crippen MR) is 94.0 cm³/mol. The van der Waals surface area contributed by atoms with Gasteiger partial charge in [0, 0.05) is 30.5 Å². The lowest BCUT2D eigenvalue weighted by molar-refractivity contribution is 0.0988. The maximum atomic E-state index is 13.8. The number of carbonyl (C=O) groups excluding carboxylic acids is 1. The van der Waals surface area contributed by atoms with Gasteiger partial charge in [-0.25, -0.2) is 4.39 Å². The summed E-state index contributed by atoms with van der Waals surface area (Å²) >= 11 is 0. The number of rotatable bonds is 4. The fourth-order valence-corrected chi connectivity index (χ4v) is 2.73. The zero-order valence-electron chi connectivity index (χ0n) is 13.9. The van der Waals surface area contributed by atoms with Gasteiger partial charge in [-0.3, -0.25) is 19.4 Å². The van der Waals surface area contributed by atoms with E-state index < -0.39 is 5.82 Å². The SMILES string of the molecule is Cn1cc(-c2cc3cc(CC(=O)c4ccccc4F)ncc3cn2)nn1. The second-order valence-corrected chi connectivity index (χ2v) is 5.95. The molecule has 0 N–H and O–H groups in total. The number of aromatic nitrogens is 5. The molecule has 26 heavy (non-hydrogen) atoms. The third-order valence-corrected chi connectivity index (χ3v) is 4.04. The highest BCUT2D eigenvalue weighted by molar-refractivity contribution is 5.98. The van der Waals surface area contributed by atoms with Crippen LogP contribution in [-0.2, 0) is 13.5 Å². The minimum absolute atomic E-state index is 0.0275. The molecule has 128 valence electrons. The molecule has 0 amide bonds. The van der Waals surface area contributed by atoms with E-state index in [1.54, 1.807) is 42.5 Å². The van der Waals surface area contributed by atoms with Crippen LogP contribution in [0.3, 0.4) is 0 Å². The van der Waals surface area contributed by atoms with Gasteiger partial charge in [-0.05, 0) is 29.7 Å². The van der Waals surface area contributed by atoms with E-state index >= 15 is 0 Å². The Hall–Kier alpha value is -3.48. The molecule has 3 heterocycles. The van der Waals surface area contributed by atoms with E-state index in [-0.39, 0.29) is 17.8 Å². The molecule has 0 spiro atoms. The lowest BCUT2D eigenvalue weighted by Crippen LogP contribution is -2.07. The Balaban J connectivity index is 1.66. The molecule has 0 atom stereocenters. The van der Waals surface area contributed by atoms with Gasteiger partial charge in [-0.15, -0.1) is 5.10 Å².